The molecule has 0 fully saturated rings. The van der Waals surface area contributed by atoms with Crippen LogP contribution < -0.4 is 5.14 Å². The number of sulfonamides is 1. The van der Waals surface area contributed by atoms with Gasteiger partial charge in [0.05, 0.1) is 5.75 Å². The van der Waals surface area contributed by atoms with Crippen LogP contribution in [0.1, 0.15) is 11.3 Å². The summed E-state index contributed by atoms with van der Waals surface area (Å²) in [7, 11) is -3.60. The molecule has 1 heterocycles. The summed E-state index contributed by atoms with van der Waals surface area (Å²) >= 11 is 0. The quantitative estimate of drug-likeness (QED) is 0.706. The Balaban J connectivity index is 3.10. The minimum Gasteiger partial charge on any atom is -0.245 e. The van der Waals surface area contributed by atoms with Gasteiger partial charge in [0.2, 0.25) is 10.0 Å². The molecule has 0 bridgehead atoms. The number of aromatic nitrogens is 1. The van der Waals surface area contributed by atoms with E-state index in [1.807, 2.05) is 0 Å². The number of hydrogen-bond acceptors (Lipinski definition) is 4. The van der Waals surface area contributed by atoms with E-state index in [0.29, 0.717) is 5.56 Å². The zero-order valence-electron chi connectivity index (χ0n) is 6.64. The van der Waals surface area contributed by atoms with Crippen LogP contribution in [-0.2, 0) is 15.8 Å². The molecule has 1 aromatic heterocycles. The lowest BCUT2D eigenvalue weighted by Crippen LogP contribution is -2.15. The summed E-state index contributed by atoms with van der Waals surface area (Å²) in [5.74, 6) is -0.357. The van der Waals surface area contributed by atoms with Gasteiger partial charge < -0.3 is 0 Å². The van der Waals surface area contributed by atoms with Crippen molar-refractivity contribution in [2.75, 3.05) is 0 Å². The molecule has 0 aliphatic carbocycles. The topological polar surface area (TPSA) is 96.8 Å². The highest BCUT2D eigenvalue weighted by molar-refractivity contribution is 7.88. The van der Waals surface area contributed by atoms with Crippen LogP contribution in [0.5, 0.6) is 0 Å². The van der Waals surface area contributed by atoms with Gasteiger partial charge in [0.25, 0.3) is 0 Å². The van der Waals surface area contributed by atoms with E-state index in [0.717, 1.165) is 0 Å². The van der Waals surface area contributed by atoms with Crippen molar-refractivity contribution >= 4 is 10.0 Å². The predicted octanol–water partition coefficient (Wildman–Crippen LogP) is -0.258. The normalized spacial score (nSPS) is 10.8. The molecule has 0 aliphatic heterocycles. The van der Waals surface area contributed by atoms with Gasteiger partial charge in [0.15, 0.2) is 0 Å². The van der Waals surface area contributed by atoms with E-state index in [4.69, 9.17) is 10.4 Å². The van der Waals surface area contributed by atoms with Crippen molar-refractivity contribution in [2.24, 2.45) is 5.14 Å². The van der Waals surface area contributed by atoms with Crippen LogP contribution >= 0.6 is 0 Å². The van der Waals surface area contributed by atoms with Gasteiger partial charge in [0.1, 0.15) is 11.8 Å². The molecule has 0 unspecified atom stereocenters. The minimum atomic E-state index is -3.60. The Hall–Kier alpha value is -1.45. The first kappa shape index (κ1) is 9.64. The first-order valence-corrected chi connectivity index (χ1v) is 5.09. The van der Waals surface area contributed by atoms with Crippen LogP contribution in [0.4, 0.5) is 0 Å². The third-order valence-corrected chi connectivity index (χ3v) is 2.07. The Bertz CT molecular complexity index is 447. The van der Waals surface area contributed by atoms with Crippen molar-refractivity contribution < 1.29 is 8.42 Å². The zero-order chi connectivity index (χ0) is 9.90. The average molecular weight is 197 g/mol. The second kappa shape index (κ2) is 3.51. The number of primary sulfonamides is 1. The van der Waals surface area contributed by atoms with Gasteiger partial charge in [0, 0.05) is 11.8 Å². The Morgan fingerprint density at radius 1 is 1.62 bits per heavy atom. The molecule has 0 saturated heterocycles. The maximum Gasteiger partial charge on any atom is 0.213 e. The Morgan fingerprint density at radius 2 is 2.31 bits per heavy atom. The molecule has 0 atom stereocenters. The number of nitrogens with zero attached hydrogens (tertiary/aromatic N) is 2. The van der Waals surface area contributed by atoms with E-state index in [-0.39, 0.29) is 11.4 Å². The molecule has 2 N–H and O–H groups in total. The smallest absolute Gasteiger partial charge is 0.213 e. The van der Waals surface area contributed by atoms with Crippen molar-refractivity contribution in [2.45, 2.75) is 5.75 Å². The minimum absolute atomic E-state index is 0.0940. The first-order valence-electron chi connectivity index (χ1n) is 3.37. The molecule has 0 radical (unpaired) electrons. The SMILES string of the molecule is N#Cc1ncccc1CS(N)(=O)=O. The molecule has 0 spiro atoms. The predicted molar refractivity (Wildman–Crippen MR) is 45.8 cm³/mol. The second-order valence-corrected chi connectivity index (χ2v) is 4.04. The molecule has 0 aliphatic rings. The van der Waals surface area contributed by atoms with Gasteiger partial charge in [-0.3, -0.25) is 0 Å². The standard InChI is InChI=1S/C7H7N3O2S/c8-4-7-6(2-1-3-10-7)5-13(9,11)12/h1-3H,5H2,(H2,9,11,12). The number of nitriles is 1. The van der Waals surface area contributed by atoms with Gasteiger partial charge >= 0.3 is 0 Å². The number of rotatable bonds is 2. The fraction of sp³-hybridized carbons (Fsp3) is 0.143. The fourth-order valence-corrected chi connectivity index (χ4v) is 1.54. The van der Waals surface area contributed by atoms with Crippen LogP contribution in [0.25, 0.3) is 0 Å². The van der Waals surface area contributed by atoms with Crippen molar-refractivity contribution in [3.05, 3.63) is 29.6 Å². The molecule has 0 aromatic carbocycles. The fourth-order valence-electron chi connectivity index (χ4n) is 0.872. The highest BCUT2D eigenvalue weighted by Gasteiger charge is 2.09. The molecule has 6 heteroatoms. The molecular formula is C7H7N3O2S. The average Bonchev–Trinajstić information content (AvgIpc) is 2.02. The summed E-state index contributed by atoms with van der Waals surface area (Å²) in [5, 5.41) is 13.4. The van der Waals surface area contributed by atoms with Gasteiger partial charge in [-0.05, 0) is 6.07 Å². The van der Waals surface area contributed by atoms with E-state index in [2.05, 4.69) is 4.98 Å². The lowest BCUT2D eigenvalue weighted by atomic mass is 10.2. The van der Waals surface area contributed by atoms with Gasteiger partial charge in [-0.1, -0.05) is 6.07 Å². The van der Waals surface area contributed by atoms with Gasteiger partial charge in [-0.25, -0.2) is 18.5 Å². The maximum atomic E-state index is 10.7. The molecule has 0 saturated carbocycles. The lowest BCUT2D eigenvalue weighted by molar-refractivity contribution is 0.597. The molecule has 1 rings (SSSR count). The maximum absolute atomic E-state index is 10.7. The van der Waals surface area contributed by atoms with Crippen molar-refractivity contribution in [3.8, 4) is 6.07 Å². The van der Waals surface area contributed by atoms with Crippen molar-refractivity contribution in [1.29, 1.82) is 5.26 Å². The summed E-state index contributed by atoms with van der Waals surface area (Å²) in [5.41, 5.74) is 0.420. The first-order chi connectivity index (χ1) is 6.03. The molecule has 5 nitrogen and oxygen atoms in total. The van der Waals surface area contributed by atoms with Crippen LogP contribution in [0.2, 0.25) is 0 Å². The van der Waals surface area contributed by atoms with Gasteiger partial charge in [-0.15, -0.1) is 0 Å². The van der Waals surface area contributed by atoms with E-state index in [9.17, 15) is 8.42 Å². The number of pyridine rings is 1. The van der Waals surface area contributed by atoms with Crippen LogP contribution in [0.15, 0.2) is 18.3 Å². The van der Waals surface area contributed by atoms with Crippen LogP contribution in [-0.4, -0.2) is 13.4 Å². The Labute approximate surface area is 75.9 Å². The summed E-state index contributed by atoms with van der Waals surface area (Å²) < 4.78 is 21.4. The monoisotopic (exact) mass is 197 g/mol. The number of nitrogens with two attached hydrogens (primary N) is 1. The molecule has 13 heavy (non-hydrogen) atoms. The molecular weight excluding hydrogens is 190 g/mol. The summed E-state index contributed by atoms with van der Waals surface area (Å²) in [4.78, 5) is 3.70. The molecule has 68 valence electrons. The summed E-state index contributed by atoms with van der Waals surface area (Å²) in [6.07, 6.45) is 1.42. The van der Waals surface area contributed by atoms with Crippen molar-refractivity contribution in [3.63, 3.8) is 0 Å². The Morgan fingerprint density at radius 3 is 2.85 bits per heavy atom. The van der Waals surface area contributed by atoms with E-state index < -0.39 is 10.0 Å². The van der Waals surface area contributed by atoms with Crippen molar-refractivity contribution in [1.82, 2.24) is 4.98 Å². The summed E-state index contributed by atoms with van der Waals surface area (Å²) in [6, 6.07) is 4.85. The molecule has 1 aromatic rings. The largest absolute Gasteiger partial charge is 0.245 e. The highest BCUT2D eigenvalue weighted by atomic mass is 32.2. The molecule has 0 amide bonds. The van der Waals surface area contributed by atoms with E-state index in [1.54, 1.807) is 12.1 Å². The number of hydrogen-bond donors (Lipinski definition) is 1. The highest BCUT2D eigenvalue weighted by Crippen LogP contribution is 2.06. The zero-order valence-corrected chi connectivity index (χ0v) is 7.45. The lowest BCUT2D eigenvalue weighted by Gasteiger charge is -1.99. The van der Waals surface area contributed by atoms with Gasteiger partial charge in [-0.2, -0.15) is 5.26 Å². The van der Waals surface area contributed by atoms with Crippen LogP contribution in [0, 0.1) is 11.3 Å². The summed E-state index contributed by atoms with van der Waals surface area (Å²) in [6.45, 7) is 0. The second-order valence-electron chi connectivity index (χ2n) is 2.43. The van der Waals surface area contributed by atoms with Crippen LogP contribution in [0.3, 0.4) is 0 Å². The third kappa shape index (κ3) is 2.82. The third-order valence-electron chi connectivity index (χ3n) is 1.35. The Kier molecular flexibility index (Phi) is 2.60. The van der Waals surface area contributed by atoms with E-state index >= 15 is 0 Å². The van der Waals surface area contributed by atoms with E-state index in [1.165, 1.54) is 12.3 Å².